The van der Waals surface area contributed by atoms with E-state index >= 15 is 0 Å². The lowest BCUT2D eigenvalue weighted by Gasteiger charge is -1.98. The Balaban J connectivity index is 2.10. The van der Waals surface area contributed by atoms with Crippen molar-refractivity contribution in [3.63, 3.8) is 0 Å². The molecule has 0 radical (unpaired) electrons. The van der Waals surface area contributed by atoms with Gasteiger partial charge in [-0.1, -0.05) is 30.3 Å². The zero-order valence-corrected chi connectivity index (χ0v) is 11.6. The largest absolute Gasteiger partial charge is 0.389 e. The number of anilines is 1. The van der Waals surface area contributed by atoms with Crippen molar-refractivity contribution in [2.45, 2.75) is 6.92 Å². The average molecular weight is 284 g/mol. The van der Waals surface area contributed by atoms with E-state index in [4.69, 9.17) is 11.0 Å². The molecule has 20 heavy (non-hydrogen) atoms. The summed E-state index contributed by atoms with van der Waals surface area (Å²) in [6, 6.07) is 11.4. The number of amides is 1. The Bertz CT molecular complexity index is 698. The lowest BCUT2D eigenvalue weighted by atomic mass is 10.2. The molecule has 100 valence electrons. The second-order valence-corrected chi connectivity index (χ2v) is 5.07. The van der Waals surface area contributed by atoms with Crippen LogP contribution >= 0.6 is 11.3 Å². The van der Waals surface area contributed by atoms with Gasteiger partial charge in [-0.15, -0.1) is 11.3 Å². The van der Waals surface area contributed by atoms with Gasteiger partial charge in [0.15, 0.2) is 0 Å². The van der Waals surface area contributed by atoms with Crippen molar-refractivity contribution in [2.75, 3.05) is 5.73 Å². The van der Waals surface area contributed by atoms with Gasteiger partial charge in [-0.2, -0.15) is 10.4 Å². The smallest absolute Gasteiger partial charge is 0.281 e. The molecule has 2 aromatic rings. The molecule has 0 aliphatic rings. The Kier molecular flexibility index (Phi) is 4.13. The van der Waals surface area contributed by atoms with Gasteiger partial charge in [0.1, 0.15) is 15.9 Å². The molecule has 1 aromatic heterocycles. The molecule has 2 rings (SSSR count). The van der Waals surface area contributed by atoms with E-state index in [-0.39, 0.29) is 5.91 Å². The van der Waals surface area contributed by atoms with Gasteiger partial charge >= 0.3 is 0 Å². The molecule has 5 nitrogen and oxygen atoms in total. The summed E-state index contributed by atoms with van der Waals surface area (Å²) < 4.78 is 0. The number of hydrogen-bond acceptors (Lipinski definition) is 5. The fourth-order valence-electron chi connectivity index (χ4n) is 1.65. The van der Waals surface area contributed by atoms with Gasteiger partial charge < -0.3 is 5.73 Å². The maximum atomic E-state index is 12.0. The van der Waals surface area contributed by atoms with Crippen molar-refractivity contribution in [1.29, 1.82) is 5.26 Å². The Morgan fingerprint density at radius 1 is 1.45 bits per heavy atom. The monoisotopic (exact) mass is 284 g/mol. The van der Waals surface area contributed by atoms with E-state index in [2.05, 4.69) is 10.5 Å². The van der Waals surface area contributed by atoms with Crippen LogP contribution in [0.15, 0.2) is 35.4 Å². The Labute approximate surface area is 120 Å². The summed E-state index contributed by atoms with van der Waals surface area (Å²) in [4.78, 5) is 12.4. The number of nitrogen functional groups attached to an aromatic ring is 1. The zero-order chi connectivity index (χ0) is 14.5. The molecule has 0 aliphatic heterocycles. The zero-order valence-electron chi connectivity index (χ0n) is 10.8. The number of hydrazone groups is 1. The maximum Gasteiger partial charge on any atom is 0.281 e. The van der Waals surface area contributed by atoms with Gasteiger partial charge in [-0.3, -0.25) is 4.79 Å². The molecular formula is C14H12N4OS. The molecule has 0 unspecified atom stereocenters. The number of nitrogens with one attached hydrogen (secondary N) is 1. The first kappa shape index (κ1) is 13.8. The van der Waals surface area contributed by atoms with Crippen LogP contribution < -0.4 is 11.2 Å². The molecule has 6 heteroatoms. The summed E-state index contributed by atoms with van der Waals surface area (Å²) in [5.41, 5.74) is 9.94. The molecule has 1 aromatic carbocycles. The van der Waals surface area contributed by atoms with Crippen molar-refractivity contribution in [3.05, 3.63) is 51.9 Å². The van der Waals surface area contributed by atoms with E-state index in [9.17, 15) is 4.79 Å². The first-order chi connectivity index (χ1) is 9.63. The molecule has 0 saturated carbocycles. The van der Waals surface area contributed by atoms with Crippen LogP contribution in [0.4, 0.5) is 5.00 Å². The lowest BCUT2D eigenvalue weighted by Crippen LogP contribution is -2.17. The Hall–Kier alpha value is -2.65. The van der Waals surface area contributed by atoms with E-state index in [1.807, 2.05) is 36.4 Å². The first-order valence-electron chi connectivity index (χ1n) is 5.81. The fraction of sp³-hybridized carbons (Fsp3) is 0.0714. The number of rotatable bonds is 3. The van der Waals surface area contributed by atoms with Gasteiger partial charge in [0.2, 0.25) is 0 Å². The topological polar surface area (TPSA) is 91.3 Å². The molecule has 1 amide bonds. The van der Waals surface area contributed by atoms with Crippen LogP contribution in [0.5, 0.6) is 0 Å². The summed E-state index contributed by atoms with van der Waals surface area (Å²) in [5, 5.41) is 13.2. The number of thiophene rings is 1. The summed E-state index contributed by atoms with van der Waals surface area (Å²) in [6.45, 7) is 1.70. The first-order valence-corrected chi connectivity index (χ1v) is 6.62. The highest BCUT2D eigenvalue weighted by atomic mass is 32.1. The van der Waals surface area contributed by atoms with Crippen molar-refractivity contribution < 1.29 is 4.79 Å². The lowest BCUT2D eigenvalue weighted by molar-refractivity contribution is 0.0958. The van der Waals surface area contributed by atoms with Crippen LogP contribution in [-0.4, -0.2) is 12.1 Å². The minimum Gasteiger partial charge on any atom is -0.389 e. The molecule has 1 heterocycles. The third-order valence-electron chi connectivity index (χ3n) is 2.67. The van der Waals surface area contributed by atoms with Crippen LogP contribution in [0.3, 0.4) is 0 Å². The molecule has 0 spiro atoms. The van der Waals surface area contributed by atoms with Gasteiger partial charge in [-0.05, 0) is 18.1 Å². The van der Waals surface area contributed by atoms with Crippen molar-refractivity contribution in [2.24, 2.45) is 5.10 Å². The summed E-state index contributed by atoms with van der Waals surface area (Å²) in [6.07, 6.45) is 1.55. The van der Waals surface area contributed by atoms with Gasteiger partial charge in [0.05, 0.1) is 11.8 Å². The number of benzene rings is 1. The number of nitriles is 1. The predicted octanol–water partition coefficient (Wildman–Crippen LogP) is 2.27. The van der Waals surface area contributed by atoms with Crippen LogP contribution in [-0.2, 0) is 0 Å². The highest BCUT2D eigenvalue weighted by Crippen LogP contribution is 2.29. The number of nitrogens with two attached hydrogens (primary N) is 1. The van der Waals surface area contributed by atoms with E-state index in [0.29, 0.717) is 21.0 Å². The van der Waals surface area contributed by atoms with E-state index in [0.717, 1.165) is 16.9 Å². The second-order valence-electron chi connectivity index (χ2n) is 4.02. The fourth-order valence-corrected chi connectivity index (χ4v) is 2.56. The van der Waals surface area contributed by atoms with Crippen LogP contribution in [0.1, 0.15) is 26.4 Å². The quantitative estimate of drug-likeness (QED) is 0.669. The number of nitrogens with zero attached hydrogens (tertiary/aromatic N) is 2. The molecule has 0 saturated heterocycles. The Morgan fingerprint density at radius 2 is 2.15 bits per heavy atom. The number of hydrogen-bond donors (Lipinski definition) is 2. The molecule has 0 bridgehead atoms. The summed E-state index contributed by atoms with van der Waals surface area (Å²) >= 11 is 1.09. The van der Waals surface area contributed by atoms with Crippen molar-refractivity contribution in [3.8, 4) is 6.07 Å². The SMILES string of the molecule is Cc1c(C(=O)N/N=C\c2ccccc2)sc(N)c1C#N. The average Bonchev–Trinajstić information content (AvgIpc) is 2.74. The van der Waals surface area contributed by atoms with Crippen molar-refractivity contribution >= 4 is 28.5 Å². The maximum absolute atomic E-state index is 12.0. The van der Waals surface area contributed by atoms with E-state index in [1.165, 1.54) is 0 Å². The van der Waals surface area contributed by atoms with E-state index in [1.54, 1.807) is 13.1 Å². The number of carbonyl (C=O) groups excluding carboxylic acids is 1. The second kappa shape index (κ2) is 5.99. The summed E-state index contributed by atoms with van der Waals surface area (Å²) in [5.74, 6) is -0.368. The Morgan fingerprint density at radius 3 is 2.75 bits per heavy atom. The van der Waals surface area contributed by atoms with Gasteiger partial charge in [-0.25, -0.2) is 5.43 Å². The molecule has 3 N–H and O–H groups in total. The van der Waals surface area contributed by atoms with Gasteiger partial charge in [0.25, 0.3) is 5.91 Å². The third kappa shape index (κ3) is 2.84. The standard InChI is InChI=1S/C14H12N4OS/c1-9-11(7-15)13(16)20-12(9)14(19)18-17-8-10-5-3-2-4-6-10/h2-6,8H,16H2,1H3,(H,18,19)/b17-8-. The van der Waals surface area contributed by atoms with Gasteiger partial charge in [0, 0.05) is 0 Å². The van der Waals surface area contributed by atoms with Crippen LogP contribution in [0, 0.1) is 18.3 Å². The third-order valence-corrected chi connectivity index (χ3v) is 3.79. The normalized spacial score (nSPS) is 10.4. The van der Waals surface area contributed by atoms with Crippen LogP contribution in [0.25, 0.3) is 0 Å². The minimum atomic E-state index is -0.368. The molecule has 0 fully saturated rings. The minimum absolute atomic E-state index is 0.349. The summed E-state index contributed by atoms with van der Waals surface area (Å²) in [7, 11) is 0. The predicted molar refractivity (Wildman–Crippen MR) is 79.7 cm³/mol. The number of carbonyl (C=O) groups is 1. The molecule has 0 aliphatic carbocycles. The molecule has 0 atom stereocenters. The van der Waals surface area contributed by atoms with Crippen LogP contribution in [0.2, 0.25) is 0 Å². The highest BCUT2D eigenvalue weighted by molar-refractivity contribution is 7.18. The highest BCUT2D eigenvalue weighted by Gasteiger charge is 2.17. The van der Waals surface area contributed by atoms with Crippen molar-refractivity contribution in [1.82, 2.24) is 5.43 Å². The molecular weight excluding hydrogens is 272 g/mol. The van der Waals surface area contributed by atoms with E-state index < -0.39 is 0 Å².